The Bertz CT molecular complexity index is 1110. The molecule has 10 heteroatoms. The van der Waals surface area contributed by atoms with Crippen molar-refractivity contribution in [3.63, 3.8) is 0 Å². The summed E-state index contributed by atoms with van der Waals surface area (Å²) in [6.45, 7) is 4.70. The Balaban J connectivity index is 1.39. The molecule has 0 bridgehead atoms. The highest BCUT2D eigenvalue weighted by atomic mass is 16.2. The van der Waals surface area contributed by atoms with Gasteiger partial charge < -0.3 is 15.5 Å². The normalized spacial score (nSPS) is 18.1. The van der Waals surface area contributed by atoms with Crippen LogP contribution in [0.5, 0.6) is 0 Å². The van der Waals surface area contributed by atoms with Crippen molar-refractivity contribution in [1.82, 2.24) is 25.3 Å². The highest BCUT2D eigenvalue weighted by Crippen LogP contribution is 2.29. The Morgan fingerprint density at radius 3 is 2.78 bits per heavy atom. The van der Waals surface area contributed by atoms with E-state index in [1.165, 1.54) is 4.90 Å². The van der Waals surface area contributed by atoms with Crippen LogP contribution >= 0.6 is 0 Å². The van der Waals surface area contributed by atoms with Gasteiger partial charge in [0.2, 0.25) is 11.8 Å². The van der Waals surface area contributed by atoms with Gasteiger partial charge in [0.15, 0.2) is 0 Å². The minimum Gasteiger partial charge on any atom is -0.334 e. The SMILES string of the molecule is CC(C)c1nn(C)cc1CNC(=O)Nc1ccc2c(c1)CN(C1CCC(=O)NC1=O)C2=O. The van der Waals surface area contributed by atoms with Gasteiger partial charge in [0.1, 0.15) is 6.04 Å². The van der Waals surface area contributed by atoms with Crippen LogP contribution in [-0.2, 0) is 29.7 Å². The molecule has 1 fully saturated rings. The lowest BCUT2D eigenvalue weighted by molar-refractivity contribution is -0.136. The maximum Gasteiger partial charge on any atom is 0.319 e. The van der Waals surface area contributed by atoms with Crippen LogP contribution < -0.4 is 16.0 Å². The molecular formula is C22H26N6O4. The minimum absolute atomic E-state index is 0.207. The number of aryl methyl sites for hydroxylation is 1. The smallest absolute Gasteiger partial charge is 0.319 e. The zero-order valence-electron chi connectivity index (χ0n) is 18.3. The summed E-state index contributed by atoms with van der Waals surface area (Å²) in [4.78, 5) is 50.2. The van der Waals surface area contributed by atoms with E-state index in [0.29, 0.717) is 24.2 Å². The highest BCUT2D eigenvalue weighted by Gasteiger charge is 2.39. The summed E-state index contributed by atoms with van der Waals surface area (Å²) in [5, 5.41) is 12.4. The van der Waals surface area contributed by atoms with E-state index < -0.39 is 11.9 Å². The van der Waals surface area contributed by atoms with Crippen LogP contribution in [0.15, 0.2) is 24.4 Å². The fourth-order valence-electron chi connectivity index (χ4n) is 4.18. The van der Waals surface area contributed by atoms with Gasteiger partial charge in [-0.1, -0.05) is 13.8 Å². The van der Waals surface area contributed by atoms with Crippen molar-refractivity contribution in [3.05, 3.63) is 46.8 Å². The van der Waals surface area contributed by atoms with Crippen molar-refractivity contribution in [2.24, 2.45) is 7.05 Å². The quantitative estimate of drug-likeness (QED) is 0.612. The molecule has 4 rings (SSSR count). The molecule has 1 aromatic heterocycles. The van der Waals surface area contributed by atoms with E-state index in [-0.39, 0.29) is 36.7 Å². The number of carbonyl (C=O) groups excluding carboxylic acids is 4. The zero-order valence-corrected chi connectivity index (χ0v) is 18.3. The molecule has 0 aliphatic carbocycles. The van der Waals surface area contributed by atoms with Crippen LogP contribution in [0.4, 0.5) is 10.5 Å². The Morgan fingerprint density at radius 1 is 1.28 bits per heavy atom. The first-order valence-electron chi connectivity index (χ1n) is 10.6. The molecule has 32 heavy (non-hydrogen) atoms. The Labute approximate surface area is 185 Å². The largest absolute Gasteiger partial charge is 0.334 e. The van der Waals surface area contributed by atoms with E-state index in [0.717, 1.165) is 16.8 Å². The van der Waals surface area contributed by atoms with Gasteiger partial charge in [-0.3, -0.25) is 24.4 Å². The lowest BCUT2D eigenvalue weighted by atomic mass is 10.0. The third-order valence-corrected chi connectivity index (χ3v) is 5.70. The Morgan fingerprint density at radius 2 is 2.06 bits per heavy atom. The maximum absolute atomic E-state index is 12.8. The fourth-order valence-corrected chi connectivity index (χ4v) is 4.18. The molecule has 5 amide bonds. The number of hydrogen-bond donors (Lipinski definition) is 3. The molecule has 168 valence electrons. The molecule has 10 nitrogen and oxygen atoms in total. The monoisotopic (exact) mass is 438 g/mol. The summed E-state index contributed by atoms with van der Waals surface area (Å²) in [7, 11) is 1.85. The number of carbonyl (C=O) groups is 4. The van der Waals surface area contributed by atoms with Crippen LogP contribution in [0.1, 0.15) is 59.8 Å². The van der Waals surface area contributed by atoms with Gasteiger partial charge >= 0.3 is 6.03 Å². The topological polar surface area (TPSA) is 125 Å². The molecule has 1 unspecified atom stereocenters. The number of amides is 5. The third-order valence-electron chi connectivity index (χ3n) is 5.70. The van der Waals surface area contributed by atoms with Gasteiger partial charge in [-0.05, 0) is 36.1 Å². The van der Waals surface area contributed by atoms with Gasteiger partial charge in [0.05, 0.1) is 5.69 Å². The zero-order chi connectivity index (χ0) is 23.0. The molecule has 2 aromatic rings. The molecule has 1 atom stereocenters. The predicted octanol–water partition coefficient (Wildman–Crippen LogP) is 1.63. The number of anilines is 1. The van der Waals surface area contributed by atoms with Crippen molar-refractivity contribution < 1.29 is 19.2 Å². The van der Waals surface area contributed by atoms with E-state index in [1.807, 2.05) is 13.2 Å². The second-order valence-electron chi connectivity index (χ2n) is 8.45. The molecule has 1 aromatic carbocycles. The predicted molar refractivity (Wildman–Crippen MR) is 116 cm³/mol. The van der Waals surface area contributed by atoms with Crippen molar-refractivity contribution in [2.45, 2.75) is 51.7 Å². The van der Waals surface area contributed by atoms with E-state index >= 15 is 0 Å². The highest BCUT2D eigenvalue weighted by molar-refractivity contribution is 6.05. The number of urea groups is 1. The average molecular weight is 438 g/mol. The van der Waals surface area contributed by atoms with Gasteiger partial charge in [0, 0.05) is 49.6 Å². The van der Waals surface area contributed by atoms with Gasteiger partial charge in [0.25, 0.3) is 5.91 Å². The summed E-state index contributed by atoms with van der Waals surface area (Å²) < 4.78 is 1.73. The number of benzene rings is 1. The third kappa shape index (κ3) is 4.20. The summed E-state index contributed by atoms with van der Waals surface area (Å²) in [6.07, 6.45) is 2.41. The molecule has 3 heterocycles. The first-order valence-corrected chi connectivity index (χ1v) is 10.6. The summed E-state index contributed by atoms with van der Waals surface area (Å²) >= 11 is 0. The molecule has 0 spiro atoms. The molecule has 2 aliphatic rings. The van der Waals surface area contributed by atoms with Crippen LogP contribution in [0.2, 0.25) is 0 Å². The lowest BCUT2D eigenvalue weighted by Crippen LogP contribution is -2.52. The van der Waals surface area contributed by atoms with Crippen molar-refractivity contribution >= 4 is 29.4 Å². The van der Waals surface area contributed by atoms with Crippen LogP contribution in [0, 0.1) is 0 Å². The molecular weight excluding hydrogens is 412 g/mol. The maximum atomic E-state index is 12.8. The molecule has 0 radical (unpaired) electrons. The summed E-state index contributed by atoms with van der Waals surface area (Å²) in [6, 6.07) is 4.02. The van der Waals surface area contributed by atoms with Crippen molar-refractivity contribution in [3.8, 4) is 0 Å². The van der Waals surface area contributed by atoms with Gasteiger partial charge in [-0.25, -0.2) is 4.79 Å². The summed E-state index contributed by atoms with van der Waals surface area (Å²) in [5.41, 5.74) is 3.67. The molecule has 3 N–H and O–H groups in total. The second kappa shape index (κ2) is 8.45. The Hall–Kier alpha value is -3.69. The first kappa shape index (κ1) is 21.5. The van der Waals surface area contributed by atoms with Crippen LogP contribution in [0.3, 0.4) is 0 Å². The number of fused-ring (bicyclic) bond motifs is 1. The number of aromatic nitrogens is 2. The van der Waals surface area contributed by atoms with Gasteiger partial charge in [-0.2, -0.15) is 5.10 Å². The van der Waals surface area contributed by atoms with E-state index in [9.17, 15) is 19.2 Å². The van der Waals surface area contributed by atoms with E-state index in [1.54, 1.807) is 22.9 Å². The molecule has 1 saturated heterocycles. The number of rotatable bonds is 5. The van der Waals surface area contributed by atoms with Crippen molar-refractivity contribution in [2.75, 3.05) is 5.32 Å². The number of nitrogens with one attached hydrogen (secondary N) is 3. The second-order valence-corrected chi connectivity index (χ2v) is 8.45. The molecule has 2 aliphatic heterocycles. The van der Waals surface area contributed by atoms with Crippen LogP contribution in [-0.4, -0.2) is 44.5 Å². The number of imide groups is 1. The van der Waals surface area contributed by atoms with Crippen molar-refractivity contribution in [1.29, 1.82) is 0 Å². The number of piperidine rings is 1. The Kier molecular flexibility index (Phi) is 5.68. The average Bonchev–Trinajstić information content (AvgIpc) is 3.26. The van der Waals surface area contributed by atoms with E-state index in [4.69, 9.17) is 0 Å². The first-order chi connectivity index (χ1) is 15.2. The van der Waals surface area contributed by atoms with Gasteiger partial charge in [-0.15, -0.1) is 0 Å². The standard InChI is InChI=1S/C22H26N6O4/c1-12(2)19-14(10-27(3)26-19)9-23-22(32)24-15-4-5-16-13(8-15)11-28(21(16)31)17-6-7-18(29)25-20(17)30/h4-5,8,10,12,17H,6-7,9,11H2,1-3H3,(H2,23,24,32)(H,25,29,30). The lowest BCUT2D eigenvalue weighted by Gasteiger charge is -2.29. The van der Waals surface area contributed by atoms with Crippen LogP contribution in [0.25, 0.3) is 0 Å². The number of nitrogens with zero attached hydrogens (tertiary/aromatic N) is 3. The summed E-state index contributed by atoms with van der Waals surface area (Å²) in [5.74, 6) is -0.767. The minimum atomic E-state index is -0.665. The van der Waals surface area contributed by atoms with E-state index in [2.05, 4.69) is 34.9 Å². The fraction of sp³-hybridized carbons (Fsp3) is 0.409. The molecule has 0 saturated carbocycles. The number of hydrogen-bond acceptors (Lipinski definition) is 5.